The molecule has 0 spiro atoms. The van der Waals surface area contributed by atoms with Crippen molar-refractivity contribution >= 4 is 12.0 Å². The number of carboxylic acid groups (broad SMARTS) is 1. The summed E-state index contributed by atoms with van der Waals surface area (Å²) in [5.41, 5.74) is 0.347. The van der Waals surface area contributed by atoms with Gasteiger partial charge in [0.05, 0.1) is 14.2 Å². The monoisotopic (exact) mass is 224 g/mol. The highest BCUT2D eigenvalue weighted by atomic mass is 16.5. The van der Waals surface area contributed by atoms with Crippen molar-refractivity contribution in [2.45, 2.75) is 0 Å². The molecular weight excluding hydrogens is 212 g/mol. The Morgan fingerprint density at radius 1 is 1.31 bits per heavy atom. The molecular formula is C11H12O5. The van der Waals surface area contributed by atoms with Gasteiger partial charge < -0.3 is 19.7 Å². The minimum atomic E-state index is -1.09. The van der Waals surface area contributed by atoms with Crippen molar-refractivity contribution < 1.29 is 24.5 Å². The Morgan fingerprint density at radius 2 is 2.00 bits per heavy atom. The number of ether oxygens (including phenoxy) is 2. The molecule has 0 amide bonds. The molecule has 1 aromatic carbocycles. The Hall–Kier alpha value is -2.17. The van der Waals surface area contributed by atoms with Crippen LogP contribution in [0.1, 0.15) is 5.56 Å². The molecule has 86 valence electrons. The van der Waals surface area contributed by atoms with Crippen LogP contribution in [0.4, 0.5) is 0 Å². The number of aromatic hydroxyl groups is 1. The molecule has 0 saturated carbocycles. The van der Waals surface area contributed by atoms with Crippen molar-refractivity contribution in [3.8, 4) is 17.2 Å². The predicted molar refractivity (Wildman–Crippen MR) is 57.9 cm³/mol. The lowest BCUT2D eigenvalue weighted by molar-refractivity contribution is -0.131. The summed E-state index contributed by atoms with van der Waals surface area (Å²) in [6, 6.07) is 3.12. The quantitative estimate of drug-likeness (QED) is 0.758. The van der Waals surface area contributed by atoms with Gasteiger partial charge in [-0.05, 0) is 18.2 Å². The van der Waals surface area contributed by atoms with Gasteiger partial charge >= 0.3 is 5.97 Å². The van der Waals surface area contributed by atoms with Gasteiger partial charge in [0.1, 0.15) is 0 Å². The first kappa shape index (κ1) is 11.9. The number of hydrogen-bond acceptors (Lipinski definition) is 4. The standard InChI is InChI=1S/C11H12O5/c1-15-8-5-3-7(4-6-9(12)13)10(14)11(8)16-2/h3-6,14H,1-2H3,(H,12,13). The zero-order valence-corrected chi connectivity index (χ0v) is 8.93. The average Bonchev–Trinajstić information content (AvgIpc) is 2.26. The van der Waals surface area contributed by atoms with Crippen LogP contribution < -0.4 is 9.47 Å². The number of methoxy groups -OCH3 is 2. The van der Waals surface area contributed by atoms with Crippen LogP contribution in [0.25, 0.3) is 6.08 Å². The lowest BCUT2D eigenvalue weighted by Gasteiger charge is -2.10. The number of rotatable bonds is 4. The minimum Gasteiger partial charge on any atom is -0.504 e. The molecule has 0 bridgehead atoms. The van der Waals surface area contributed by atoms with E-state index in [9.17, 15) is 9.90 Å². The summed E-state index contributed by atoms with van der Waals surface area (Å²) in [6.45, 7) is 0. The fraction of sp³-hybridized carbons (Fsp3) is 0.182. The molecule has 0 heterocycles. The molecule has 0 aliphatic rings. The smallest absolute Gasteiger partial charge is 0.328 e. The molecule has 5 heteroatoms. The van der Waals surface area contributed by atoms with E-state index >= 15 is 0 Å². The summed E-state index contributed by atoms with van der Waals surface area (Å²) in [4.78, 5) is 10.3. The van der Waals surface area contributed by atoms with Crippen LogP contribution in [0.5, 0.6) is 17.2 Å². The van der Waals surface area contributed by atoms with Crippen LogP contribution in [0, 0.1) is 0 Å². The molecule has 0 saturated heterocycles. The van der Waals surface area contributed by atoms with Crippen LogP contribution in [-0.2, 0) is 4.79 Å². The molecule has 0 aromatic heterocycles. The van der Waals surface area contributed by atoms with Crippen LogP contribution >= 0.6 is 0 Å². The van der Waals surface area contributed by atoms with Gasteiger partial charge in [0.15, 0.2) is 11.5 Å². The van der Waals surface area contributed by atoms with E-state index in [0.29, 0.717) is 11.3 Å². The van der Waals surface area contributed by atoms with Crippen LogP contribution in [0.3, 0.4) is 0 Å². The lowest BCUT2D eigenvalue weighted by Crippen LogP contribution is -1.92. The van der Waals surface area contributed by atoms with Gasteiger partial charge in [0.2, 0.25) is 5.75 Å². The highest BCUT2D eigenvalue weighted by Crippen LogP contribution is 2.39. The van der Waals surface area contributed by atoms with Gasteiger partial charge in [-0.25, -0.2) is 4.79 Å². The first-order valence-corrected chi connectivity index (χ1v) is 4.45. The van der Waals surface area contributed by atoms with Crippen LogP contribution in [0.2, 0.25) is 0 Å². The zero-order chi connectivity index (χ0) is 12.1. The molecule has 0 unspecified atom stereocenters. The van der Waals surface area contributed by atoms with E-state index < -0.39 is 5.97 Å². The second-order valence-corrected chi connectivity index (χ2v) is 2.91. The van der Waals surface area contributed by atoms with Crippen molar-refractivity contribution in [1.29, 1.82) is 0 Å². The minimum absolute atomic E-state index is 0.153. The maximum Gasteiger partial charge on any atom is 0.328 e. The van der Waals surface area contributed by atoms with E-state index in [4.69, 9.17) is 14.6 Å². The Morgan fingerprint density at radius 3 is 2.50 bits per heavy atom. The Kier molecular flexibility index (Phi) is 3.77. The van der Waals surface area contributed by atoms with Crippen LogP contribution in [-0.4, -0.2) is 30.4 Å². The fourth-order valence-electron chi connectivity index (χ4n) is 1.22. The summed E-state index contributed by atoms with van der Waals surface area (Å²) >= 11 is 0. The Balaban J connectivity index is 3.18. The van der Waals surface area contributed by atoms with E-state index in [1.54, 1.807) is 6.07 Å². The number of carboxylic acids is 1. The van der Waals surface area contributed by atoms with Gasteiger partial charge in [-0.1, -0.05) is 0 Å². The van der Waals surface area contributed by atoms with Gasteiger partial charge in [-0.2, -0.15) is 0 Å². The van der Waals surface area contributed by atoms with Crippen molar-refractivity contribution in [3.05, 3.63) is 23.8 Å². The Bertz CT molecular complexity index is 423. The van der Waals surface area contributed by atoms with E-state index in [1.165, 1.54) is 26.4 Å². The molecule has 0 fully saturated rings. The number of carbonyl (C=O) groups is 1. The largest absolute Gasteiger partial charge is 0.504 e. The number of aliphatic carboxylic acids is 1. The van der Waals surface area contributed by atoms with Gasteiger partial charge in [0, 0.05) is 11.6 Å². The molecule has 0 aliphatic carbocycles. The SMILES string of the molecule is COc1ccc(C=CC(=O)O)c(O)c1OC. The Labute approximate surface area is 92.5 Å². The number of phenols is 1. The van der Waals surface area contributed by atoms with Crippen molar-refractivity contribution in [1.82, 2.24) is 0 Å². The number of phenolic OH excluding ortho intramolecular Hbond substituents is 1. The molecule has 1 rings (SSSR count). The number of benzene rings is 1. The summed E-state index contributed by atoms with van der Waals surface area (Å²) < 4.78 is 9.93. The normalized spacial score (nSPS) is 10.4. The number of hydrogen-bond donors (Lipinski definition) is 2. The fourth-order valence-corrected chi connectivity index (χ4v) is 1.22. The van der Waals surface area contributed by atoms with E-state index in [-0.39, 0.29) is 11.5 Å². The van der Waals surface area contributed by atoms with E-state index in [1.807, 2.05) is 0 Å². The predicted octanol–water partition coefficient (Wildman–Crippen LogP) is 1.51. The van der Waals surface area contributed by atoms with Gasteiger partial charge in [0.25, 0.3) is 0 Å². The third-order valence-corrected chi connectivity index (χ3v) is 1.96. The summed E-state index contributed by atoms with van der Waals surface area (Å²) in [5.74, 6) is -0.684. The van der Waals surface area contributed by atoms with Crippen LogP contribution in [0.15, 0.2) is 18.2 Å². The van der Waals surface area contributed by atoms with Crippen molar-refractivity contribution in [3.63, 3.8) is 0 Å². The third kappa shape index (κ3) is 2.44. The highest BCUT2D eigenvalue weighted by molar-refractivity contribution is 5.86. The second kappa shape index (κ2) is 5.06. The first-order valence-electron chi connectivity index (χ1n) is 4.45. The molecule has 0 aliphatic heterocycles. The third-order valence-electron chi connectivity index (χ3n) is 1.96. The van der Waals surface area contributed by atoms with Crippen molar-refractivity contribution in [2.24, 2.45) is 0 Å². The van der Waals surface area contributed by atoms with Gasteiger partial charge in [-0.15, -0.1) is 0 Å². The first-order chi connectivity index (χ1) is 7.60. The molecule has 2 N–H and O–H groups in total. The summed E-state index contributed by atoms with van der Waals surface area (Å²) in [7, 11) is 2.84. The molecule has 0 atom stereocenters. The maximum atomic E-state index is 10.3. The average molecular weight is 224 g/mol. The summed E-state index contributed by atoms with van der Waals surface area (Å²) in [5, 5.41) is 18.2. The van der Waals surface area contributed by atoms with Crippen molar-refractivity contribution in [2.75, 3.05) is 14.2 Å². The molecule has 0 radical (unpaired) electrons. The molecule has 5 nitrogen and oxygen atoms in total. The lowest BCUT2D eigenvalue weighted by atomic mass is 10.1. The van der Waals surface area contributed by atoms with E-state index in [0.717, 1.165) is 6.08 Å². The zero-order valence-electron chi connectivity index (χ0n) is 8.93. The molecule has 1 aromatic rings. The molecule has 16 heavy (non-hydrogen) atoms. The summed E-state index contributed by atoms with van der Waals surface area (Å²) in [6.07, 6.45) is 2.21. The van der Waals surface area contributed by atoms with E-state index in [2.05, 4.69) is 0 Å². The second-order valence-electron chi connectivity index (χ2n) is 2.91. The topological polar surface area (TPSA) is 76.0 Å². The highest BCUT2D eigenvalue weighted by Gasteiger charge is 2.12. The maximum absolute atomic E-state index is 10.3. The van der Waals surface area contributed by atoms with Gasteiger partial charge in [-0.3, -0.25) is 0 Å².